The molecule has 34 heavy (non-hydrogen) atoms. The molecule has 13 heteroatoms. The molecule has 1 saturated heterocycles. The Kier molecular flexibility index (Phi) is 7.85. The van der Waals surface area contributed by atoms with Crippen molar-refractivity contribution in [2.45, 2.75) is 43.8 Å². The van der Waals surface area contributed by atoms with Crippen molar-refractivity contribution in [2.75, 3.05) is 24.7 Å². The fourth-order valence-corrected chi connectivity index (χ4v) is 3.76. The van der Waals surface area contributed by atoms with Gasteiger partial charge >= 0.3 is 6.16 Å². The third kappa shape index (κ3) is 6.52. The van der Waals surface area contributed by atoms with Crippen LogP contribution in [0.2, 0.25) is 0 Å². The van der Waals surface area contributed by atoms with Crippen molar-refractivity contribution >= 4 is 27.5 Å². The largest absolute Gasteiger partial charge is 0.528 e. The van der Waals surface area contributed by atoms with Crippen molar-refractivity contribution in [3.8, 4) is 11.9 Å². The Morgan fingerprint density at radius 3 is 2.59 bits per heavy atom. The second-order valence-electron chi connectivity index (χ2n) is 7.81. The van der Waals surface area contributed by atoms with Gasteiger partial charge in [-0.05, 0) is 32.0 Å². The molecule has 0 bridgehead atoms. The molecule has 1 aliphatic heterocycles. The molecule has 2 aromatic rings. The van der Waals surface area contributed by atoms with Crippen LogP contribution in [-0.2, 0) is 19.4 Å². The maximum Gasteiger partial charge on any atom is 0.528 e. The third-order valence-corrected chi connectivity index (χ3v) is 5.87. The van der Waals surface area contributed by atoms with Crippen LogP contribution in [0.25, 0.3) is 0 Å². The van der Waals surface area contributed by atoms with E-state index in [1.807, 2.05) is 6.07 Å². The summed E-state index contributed by atoms with van der Waals surface area (Å²) >= 11 is 0. The topological polar surface area (TPSA) is 144 Å². The number of hydrogen-bond acceptors (Lipinski definition) is 11. The molecule has 0 atom stereocenters. The first-order valence-electron chi connectivity index (χ1n) is 10.4. The van der Waals surface area contributed by atoms with E-state index < -0.39 is 21.8 Å². The first-order valence-corrected chi connectivity index (χ1v) is 12.3. The number of nitriles is 1. The van der Waals surface area contributed by atoms with E-state index in [0.717, 1.165) is 12.3 Å². The van der Waals surface area contributed by atoms with E-state index in [1.54, 1.807) is 13.8 Å². The van der Waals surface area contributed by atoms with Gasteiger partial charge in [0, 0.05) is 32.2 Å². The normalized spacial score (nSPS) is 14.9. The Balaban J connectivity index is 1.67. The Labute approximate surface area is 196 Å². The summed E-state index contributed by atoms with van der Waals surface area (Å²) in [5.41, 5.74) is -0.0967. The highest BCUT2D eigenvalue weighted by Gasteiger charge is 2.26. The summed E-state index contributed by atoms with van der Waals surface area (Å²) in [4.78, 5) is 24.6. The van der Waals surface area contributed by atoms with E-state index in [0.29, 0.717) is 25.9 Å². The molecule has 182 valence electrons. The fourth-order valence-electron chi connectivity index (χ4n) is 3.13. The summed E-state index contributed by atoms with van der Waals surface area (Å²) in [5, 5.41) is 13.8. The molecular weight excluding hydrogens is 469 g/mol. The fraction of sp³-hybridized carbons (Fsp3) is 0.429. The van der Waals surface area contributed by atoms with Gasteiger partial charge in [-0.3, -0.25) is 0 Å². The minimum atomic E-state index is -3.57. The van der Waals surface area contributed by atoms with Crippen LogP contribution in [0, 0.1) is 17.1 Å². The molecule has 2 heterocycles. The molecule has 0 aliphatic carbocycles. The predicted octanol–water partition coefficient (Wildman–Crippen LogP) is 2.95. The number of anilines is 2. The van der Waals surface area contributed by atoms with Gasteiger partial charge in [-0.15, -0.1) is 5.06 Å². The van der Waals surface area contributed by atoms with Crippen LogP contribution >= 0.6 is 0 Å². The first-order chi connectivity index (χ1) is 16.1. The minimum absolute atomic E-state index is 0.00991. The average Bonchev–Trinajstić information content (AvgIpc) is 2.75. The number of carbonyl (C=O) groups is 1. The van der Waals surface area contributed by atoms with Gasteiger partial charge in [-0.25, -0.2) is 27.6 Å². The van der Waals surface area contributed by atoms with Gasteiger partial charge in [-0.1, -0.05) is 0 Å². The number of sulfone groups is 1. The van der Waals surface area contributed by atoms with E-state index in [9.17, 15) is 22.9 Å². The highest BCUT2D eigenvalue weighted by molar-refractivity contribution is 7.90. The van der Waals surface area contributed by atoms with Crippen molar-refractivity contribution in [3.05, 3.63) is 35.9 Å². The van der Waals surface area contributed by atoms with E-state index >= 15 is 0 Å². The van der Waals surface area contributed by atoms with E-state index in [-0.39, 0.29) is 40.1 Å². The number of rotatable bonds is 7. The lowest BCUT2D eigenvalue weighted by Crippen LogP contribution is -2.40. The zero-order valence-electron chi connectivity index (χ0n) is 18.8. The molecule has 1 aromatic carbocycles. The number of aromatic nitrogens is 2. The van der Waals surface area contributed by atoms with E-state index in [4.69, 9.17) is 14.3 Å². The van der Waals surface area contributed by atoms with Crippen LogP contribution in [-0.4, -0.2) is 61.2 Å². The van der Waals surface area contributed by atoms with Gasteiger partial charge in [-0.2, -0.15) is 5.26 Å². The molecule has 1 aliphatic rings. The number of nitrogens with one attached hydrogen (secondary N) is 1. The summed E-state index contributed by atoms with van der Waals surface area (Å²) < 4.78 is 48.5. The number of hydrogen-bond donors (Lipinski definition) is 1. The summed E-state index contributed by atoms with van der Waals surface area (Å²) in [6.07, 6.45) is 1.77. The SMILES string of the molecule is CC(C)OC(=O)ON1CCC(Oc2ncnc(Nc3ccc(S(C)(=O)=O)cc3F)c2C#N)CC1. The molecule has 3 rings (SSSR count). The van der Waals surface area contributed by atoms with Crippen LogP contribution < -0.4 is 10.1 Å². The predicted molar refractivity (Wildman–Crippen MR) is 117 cm³/mol. The third-order valence-electron chi connectivity index (χ3n) is 4.76. The van der Waals surface area contributed by atoms with Crippen LogP contribution in [0.1, 0.15) is 32.3 Å². The van der Waals surface area contributed by atoms with Gasteiger partial charge in [0.1, 0.15) is 24.3 Å². The van der Waals surface area contributed by atoms with Crippen LogP contribution in [0.15, 0.2) is 29.4 Å². The Bertz CT molecular complexity index is 1190. The van der Waals surface area contributed by atoms with E-state index in [2.05, 4.69) is 15.3 Å². The van der Waals surface area contributed by atoms with Gasteiger partial charge < -0.3 is 19.6 Å². The van der Waals surface area contributed by atoms with Crippen LogP contribution in [0.4, 0.5) is 20.7 Å². The molecule has 0 saturated carbocycles. The minimum Gasteiger partial charge on any atom is -0.473 e. The van der Waals surface area contributed by atoms with Crippen molar-refractivity contribution in [3.63, 3.8) is 0 Å². The van der Waals surface area contributed by atoms with Crippen molar-refractivity contribution in [2.24, 2.45) is 0 Å². The molecule has 1 N–H and O–H groups in total. The summed E-state index contributed by atoms with van der Waals surface area (Å²) in [6, 6.07) is 5.33. The molecular formula is C21H24FN5O6S. The number of carbonyl (C=O) groups excluding carboxylic acids is 1. The molecule has 1 aromatic heterocycles. The highest BCUT2D eigenvalue weighted by atomic mass is 32.2. The van der Waals surface area contributed by atoms with E-state index in [1.165, 1.54) is 23.5 Å². The van der Waals surface area contributed by atoms with Crippen LogP contribution in [0.3, 0.4) is 0 Å². The summed E-state index contributed by atoms with van der Waals surface area (Å²) in [5.74, 6) is -0.793. The maximum absolute atomic E-state index is 14.4. The quantitative estimate of drug-likeness (QED) is 0.568. The van der Waals surface area contributed by atoms with Gasteiger partial charge in [0.05, 0.1) is 16.7 Å². The molecule has 11 nitrogen and oxygen atoms in total. The van der Waals surface area contributed by atoms with Gasteiger partial charge in [0.25, 0.3) is 0 Å². The van der Waals surface area contributed by atoms with Gasteiger partial charge in [0.15, 0.2) is 21.2 Å². The number of ether oxygens (including phenoxy) is 2. The van der Waals surface area contributed by atoms with Crippen LogP contribution in [0.5, 0.6) is 5.88 Å². The number of piperidine rings is 1. The molecule has 1 fully saturated rings. The number of hydroxylamine groups is 2. The monoisotopic (exact) mass is 493 g/mol. The highest BCUT2D eigenvalue weighted by Crippen LogP contribution is 2.28. The van der Waals surface area contributed by atoms with Gasteiger partial charge in [0.2, 0.25) is 5.88 Å². The average molecular weight is 494 g/mol. The van der Waals surface area contributed by atoms with Crippen molar-refractivity contribution in [1.82, 2.24) is 15.0 Å². The Hall–Kier alpha value is -3.50. The zero-order chi connectivity index (χ0) is 24.9. The Morgan fingerprint density at radius 1 is 1.29 bits per heavy atom. The molecule has 0 amide bonds. The molecule has 0 radical (unpaired) electrons. The summed E-state index contributed by atoms with van der Waals surface area (Å²) in [7, 11) is -3.57. The molecule has 0 spiro atoms. The van der Waals surface area contributed by atoms with Crippen molar-refractivity contribution in [1.29, 1.82) is 5.26 Å². The molecule has 0 unspecified atom stereocenters. The number of nitrogens with zero attached hydrogens (tertiary/aromatic N) is 4. The second-order valence-corrected chi connectivity index (χ2v) is 9.82. The zero-order valence-corrected chi connectivity index (χ0v) is 19.6. The summed E-state index contributed by atoms with van der Waals surface area (Å²) in [6.45, 7) is 4.23. The number of benzene rings is 1. The second kappa shape index (κ2) is 10.6. The smallest absolute Gasteiger partial charge is 0.473 e. The lowest BCUT2D eigenvalue weighted by molar-refractivity contribution is -0.151. The van der Waals surface area contributed by atoms with Crippen molar-refractivity contribution < 1.29 is 31.9 Å². The first kappa shape index (κ1) is 25.1. The lowest BCUT2D eigenvalue weighted by Gasteiger charge is -2.30. The Morgan fingerprint density at radius 2 is 2.00 bits per heavy atom. The standard InChI is InChI=1S/C21H24FN5O6S/c1-13(2)31-21(28)33-27-8-6-14(7-9-27)32-20-16(11-23)19(24-12-25-20)26-18-5-4-15(10-17(18)22)34(3,29)30/h4-5,10,12-14H,6-9H2,1-3H3,(H,24,25,26). The number of halogens is 1. The lowest BCUT2D eigenvalue weighted by atomic mass is 10.1. The maximum atomic E-state index is 14.4.